The molecule has 0 radical (unpaired) electrons. The molecular weight excluding hydrogens is 226 g/mol. The number of hydrogen-bond donors (Lipinski definition) is 1. The van der Waals surface area contributed by atoms with Crippen LogP contribution in [0.1, 0.15) is 12.7 Å². The monoisotopic (exact) mass is 239 g/mol. The quantitative estimate of drug-likeness (QED) is 0.862. The van der Waals surface area contributed by atoms with Crippen LogP contribution >= 0.6 is 0 Å². The van der Waals surface area contributed by atoms with Gasteiger partial charge in [-0.3, -0.25) is 0 Å². The number of nitrogens with zero attached hydrogens (tertiary/aromatic N) is 2. The van der Waals surface area contributed by atoms with Gasteiger partial charge in [0.15, 0.2) is 0 Å². The first-order valence-electron chi connectivity index (χ1n) is 4.96. The smallest absolute Gasteiger partial charge is 0.216 e. The lowest BCUT2D eigenvalue weighted by Crippen LogP contribution is -2.17. The number of benzene rings is 1. The zero-order chi connectivity index (χ0) is 11.8. The standard InChI is InChI=1S/C10H13N3O2S/c1-2-13-9-6-4-3-5-8(9)12-10(13)7-16(11,14)15/h3-6H,2,7H2,1H3,(H2,11,14,15). The molecule has 0 aliphatic heterocycles. The maximum Gasteiger partial charge on any atom is 0.216 e. The summed E-state index contributed by atoms with van der Waals surface area (Å²) in [7, 11) is -3.54. The van der Waals surface area contributed by atoms with Crippen LogP contribution in [0.5, 0.6) is 0 Å². The number of nitrogens with two attached hydrogens (primary N) is 1. The van der Waals surface area contributed by atoms with E-state index in [1.165, 1.54) is 0 Å². The van der Waals surface area contributed by atoms with Crippen molar-refractivity contribution in [2.75, 3.05) is 0 Å². The van der Waals surface area contributed by atoms with Gasteiger partial charge in [0.25, 0.3) is 0 Å². The summed E-state index contributed by atoms with van der Waals surface area (Å²) in [5, 5.41) is 5.03. The highest BCUT2D eigenvalue weighted by atomic mass is 32.2. The third-order valence-corrected chi connectivity index (χ3v) is 3.04. The predicted molar refractivity (Wildman–Crippen MR) is 62.2 cm³/mol. The molecule has 2 N–H and O–H groups in total. The predicted octanol–water partition coefficient (Wildman–Crippen LogP) is 0.845. The number of rotatable bonds is 3. The Morgan fingerprint density at radius 1 is 1.38 bits per heavy atom. The Balaban J connectivity index is 2.61. The van der Waals surface area contributed by atoms with E-state index >= 15 is 0 Å². The van der Waals surface area contributed by atoms with E-state index in [4.69, 9.17) is 5.14 Å². The van der Waals surface area contributed by atoms with E-state index in [1.54, 1.807) is 0 Å². The molecule has 0 saturated heterocycles. The van der Waals surface area contributed by atoms with Gasteiger partial charge in [-0.2, -0.15) is 0 Å². The van der Waals surface area contributed by atoms with Crippen LogP contribution in [-0.4, -0.2) is 18.0 Å². The van der Waals surface area contributed by atoms with Gasteiger partial charge < -0.3 is 4.57 Å². The van der Waals surface area contributed by atoms with Gasteiger partial charge in [-0.25, -0.2) is 18.5 Å². The Morgan fingerprint density at radius 2 is 2.06 bits per heavy atom. The SMILES string of the molecule is CCn1c(CS(N)(=O)=O)nc2ccccc21. The second-order valence-electron chi connectivity index (χ2n) is 3.57. The van der Waals surface area contributed by atoms with Crippen LogP contribution in [0.3, 0.4) is 0 Å². The Morgan fingerprint density at radius 3 is 2.69 bits per heavy atom. The topological polar surface area (TPSA) is 78.0 Å². The normalized spacial score (nSPS) is 12.1. The van der Waals surface area contributed by atoms with Gasteiger partial charge in [0, 0.05) is 6.54 Å². The molecule has 2 aromatic rings. The van der Waals surface area contributed by atoms with Gasteiger partial charge in [-0.1, -0.05) is 12.1 Å². The van der Waals surface area contributed by atoms with Gasteiger partial charge in [-0.15, -0.1) is 0 Å². The number of primary sulfonamides is 1. The zero-order valence-corrected chi connectivity index (χ0v) is 9.74. The summed E-state index contributed by atoms with van der Waals surface area (Å²) in [4.78, 5) is 4.27. The third-order valence-electron chi connectivity index (χ3n) is 2.38. The van der Waals surface area contributed by atoms with E-state index in [-0.39, 0.29) is 5.75 Å². The van der Waals surface area contributed by atoms with Crippen molar-refractivity contribution in [3.63, 3.8) is 0 Å². The lowest BCUT2D eigenvalue weighted by molar-refractivity contribution is 0.593. The average Bonchev–Trinajstić information content (AvgIpc) is 2.51. The summed E-state index contributed by atoms with van der Waals surface area (Å²) in [5.41, 5.74) is 1.73. The maximum atomic E-state index is 11.1. The molecule has 0 atom stereocenters. The molecule has 1 aromatic carbocycles. The summed E-state index contributed by atoms with van der Waals surface area (Å²) in [6.45, 7) is 2.62. The molecule has 0 bridgehead atoms. The number of para-hydroxylation sites is 2. The molecule has 0 saturated carbocycles. The van der Waals surface area contributed by atoms with E-state index in [0.29, 0.717) is 12.4 Å². The van der Waals surface area contributed by atoms with E-state index in [9.17, 15) is 8.42 Å². The van der Waals surface area contributed by atoms with Crippen LogP contribution in [0.2, 0.25) is 0 Å². The Kier molecular flexibility index (Phi) is 2.69. The molecule has 86 valence electrons. The van der Waals surface area contributed by atoms with Crippen molar-refractivity contribution in [3.8, 4) is 0 Å². The summed E-state index contributed by atoms with van der Waals surface area (Å²) < 4.78 is 24.0. The van der Waals surface area contributed by atoms with Crippen LogP contribution in [0.4, 0.5) is 0 Å². The molecule has 0 amide bonds. The maximum absolute atomic E-state index is 11.1. The van der Waals surface area contributed by atoms with E-state index in [0.717, 1.165) is 11.0 Å². The lowest BCUT2D eigenvalue weighted by Gasteiger charge is -2.04. The minimum absolute atomic E-state index is 0.227. The molecule has 1 aromatic heterocycles. The minimum Gasteiger partial charge on any atom is -0.327 e. The van der Waals surface area contributed by atoms with Crippen molar-refractivity contribution >= 4 is 21.1 Å². The highest BCUT2D eigenvalue weighted by Gasteiger charge is 2.13. The van der Waals surface area contributed by atoms with Gasteiger partial charge in [0.05, 0.1) is 11.0 Å². The molecule has 6 heteroatoms. The number of fused-ring (bicyclic) bond motifs is 1. The summed E-state index contributed by atoms with van der Waals surface area (Å²) >= 11 is 0. The first-order chi connectivity index (χ1) is 7.51. The van der Waals surface area contributed by atoms with Crippen LogP contribution in [0.25, 0.3) is 11.0 Å². The molecule has 0 unspecified atom stereocenters. The third kappa shape index (κ3) is 2.07. The highest BCUT2D eigenvalue weighted by Crippen LogP contribution is 2.16. The van der Waals surface area contributed by atoms with Gasteiger partial charge in [0.1, 0.15) is 11.6 Å². The van der Waals surface area contributed by atoms with Crippen LogP contribution in [0.15, 0.2) is 24.3 Å². The van der Waals surface area contributed by atoms with Gasteiger partial charge >= 0.3 is 0 Å². The fourth-order valence-electron chi connectivity index (χ4n) is 1.77. The molecule has 0 aliphatic rings. The molecular formula is C10H13N3O2S. The van der Waals surface area contributed by atoms with Gasteiger partial charge in [-0.05, 0) is 19.1 Å². The van der Waals surface area contributed by atoms with Crippen molar-refractivity contribution < 1.29 is 8.42 Å². The molecule has 1 heterocycles. The molecule has 0 spiro atoms. The molecule has 0 aliphatic carbocycles. The second kappa shape index (κ2) is 3.88. The summed E-state index contributed by atoms with van der Waals surface area (Å²) in [5.74, 6) is 0.265. The second-order valence-corrected chi connectivity index (χ2v) is 5.18. The molecule has 16 heavy (non-hydrogen) atoms. The molecule has 5 nitrogen and oxygen atoms in total. The van der Waals surface area contributed by atoms with E-state index in [1.807, 2.05) is 35.8 Å². The molecule has 0 fully saturated rings. The van der Waals surface area contributed by atoms with Gasteiger partial charge in [0.2, 0.25) is 10.0 Å². The lowest BCUT2D eigenvalue weighted by atomic mass is 10.3. The fourth-order valence-corrected chi connectivity index (χ4v) is 2.35. The van der Waals surface area contributed by atoms with Crippen LogP contribution in [0, 0.1) is 0 Å². The van der Waals surface area contributed by atoms with Crippen molar-refractivity contribution in [2.24, 2.45) is 5.14 Å². The highest BCUT2D eigenvalue weighted by molar-refractivity contribution is 7.88. The number of aryl methyl sites for hydroxylation is 1. The van der Waals surface area contributed by atoms with Crippen LogP contribution in [-0.2, 0) is 22.3 Å². The minimum atomic E-state index is -3.54. The number of sulfonamides is 1. The first kappa shape index (κ1) is 11.1. The molecule has 2 rings (SSSR count). The Hall–Kier alpha value is -1.40. The van der Waals surface area contributed by atoms with Crippen molar-refractivity contribution in [1.82, 2.24) is 9.55 Å². The summed E-state index contributed by atoms with van der Waals surface area (Å²) in [6.07, 6.45) is 0. The summed E-state index contributed by atoms with van der Waals surface area (Å²) in [6, 6.07) is 7.54. The largest absolute Gasteiger partial charge is 0.327 e. The zero-order valence-electron chi connectivity index (χ0n) is 8.92. The first-order valence-corrected chi connectivity index (χ1v) is 6.67. The van der Waals surface area contributed by atoms with Crippen LogP contribution < -0.4 is 5.14 Å². The number of hydrogen-bond acceptors (Lipinski definition) is 3. The Labute approximate surface area is 93.9 Å². The average molecular weight is 239 g/mol. The number of imidazole rings is 1. The van der Waals surface area contributed by atoms with E-state index in [2.05, 4.69) is 4.98 Å². The number of aromatic nitrogens is 2. The van der Waals surface area contributed by atoms with Crippen molar-refractivity contribution in [2.45, 2.75) is 19.2 Å². The van der Waals surface area contributed by atoms with E-state index < -0.39 is 10.0 Å². The van der Waals surface area contributed by atoms with Crippen molar-refractivity contribution in [1.29, 1.82) is 0 Å². The fraction of sp³-hybridized carbons (Fsp3) is 0.300. The van der Waals surface area contributed by atoms with Crippen molar-refractivity contribution in [3.05, 3.63) is 30.1 Å². The Bertz CT molecular complexity index is 616.